The Morgan fingerprint density at radius 2 is 1.71 bits per heavy atom. The zero-order valence-electron chi connectivity index (χ0n) is 8.20. The van der Waals surface area contributed by atoms with Crippen molar-refractivity contribution >= 4 is 57.5 Å². The van der Waals surface area contributed by atoms with Crippen LogP contribution in [-0.4, -0.2) is 65.6 Å². The van der Waals surface area contributed by atoms with Gasteiger partial charge in [-0.25, -0.2) is 0 Å². The van der Waals surface area contributed by atoms with Gasteiger partial charge in [0, 0.05) is 0 Å². The molecule has 0 aliphatic heterocycles. The van der Waals surface area contributed by atoms with Crippen molar-refractivity contribution in [1.82, 2.24) is 0 Å². The van der Waals surface area contributed by atoms with E-state index in [-0.39, 0.29) is 51.4 Å². The van der Waals surface area contributed by atoms with E-state index in [4.69, 9.17) is 9.47 Å². The van der Waals surface area contributed by atoms with Gasteiger partial charge in [0.1, 0.15) is 0 Å². The van der Waals surface area contributed by atoms with Crippen molar-refractivity contribution in [3.05, 3.63) is 29.8 Å². The molecule has 0 fully saturated rings. The van der Waals surface area contributed by atoms with Crippen LogP contribution in [0.25, 0.3) is 6.08 Å². The number of hydrogen-bond acceptors (Lipinski definition) is 2. The second kappa shape index (κ2) is 7.48. The zero-order valence-corrected chi connectivity index (χ0v) is 8.20. The monoisotopic (exact) mass is 218 g/mol. The molecule has 3 heteroatoms. The molecule has 0 spiro atoms. The van der Waals surface area contributed by atoms with Gasteiger partial charge in [-0.15, -0.1) is 0 Å². The third kappa shape index (κ3) is 3.75. The molecule has 14 heavy (non-hydrogen) atoms. The predicted molar refractivity (Wildman–Crippen MR) is 61.4 cm³/mol. The number of methoxy groups -OCH3 is 2. The van der Waals surface area contributed by atoms with Gasteiger partial charge < -0.3 is 9.47 Å². The summed E-state index contributed by atoms with van der Waals surface area (Å²) < 4.78 is 10.3. The molecule has 1 aromatic carbocycles. The Kier molecular flexibility index (Phi) is 7.59. The normalized spacial score (nSPS) is 9.64. The van der Waals surface area contributed by atoms with Crippen molar-refractivity contribution in [3.8, 4) is 11.5 Å². The average Bonchev–Trinajstić information content (AvgIpc) is 2.18. The summed E-state index contributed by atoms with van der Waals surface area (Å²) in [5.74, 6) is 1.52. The van der Waals surface area contributed by atoms with Crippen molar-refractivity contribution in [1.29, 1.82) is 0 Å². The van der Waals surface area contributed by atoms with Crippen LogP contribution in [0.4, 0.5) is 0 Å². The molecule has 0 saturated heterocycles. The van der Waals surface area contributed by atoms with Gasteiger partial charge in [-0.1, -0.05) is 18.2 Å². The van der Waals surface area contributed by atoms with E-state index in [9.17, 15) is 0 Å². The fraction of sp³-hybridized carbons (Fsp3) is 0.273. The molecule has 0 saturated carbocycles. The first-order valence-corrected chi connectivity index (χ1v) is 4.16. The van der Waals surface area contributed by atoms with Crippen LogP contribution in [0.15, 0.2) is 24.3 Å². The van der Waals surface area contributed by atoms with E-state index < -0.39 is 0 Å². The van der Waals surface area contributed by atoms with Crippen LogP contribution in [0.1, 0.15) is 12.5 Å². The van der Waals surface area contributed by atoms with Crippen molar-refractivity contribution < 1.29 is 9.47 Å². The Bertz CT molecular complexity index is 308. The second-order valence-corrected chi connectivity index (χ2v) is 2.61. The number of hydrogen-bond donors (Lipinski definition) is 0. The molecule has 0 aromatic heterocycles. The zero-order chi connectivity index (χ0) is 9.68. The summed E-state index contributed by atoms with van der Waals surface area (Å²) in [6.07, 6.45) is 4.00. The van der Waals surface area contributed by atoms with Gasteiger partial charge in [0.25, 0.3) is 0 Å². The van der Waals surface area contributed by atoms with Gasteiger partial charge in [-0.2, -0.15) is 0 Å². The number of ether oxygens (including phenoxy) is 2. The number of rotatable bonds is 3. The van der Waals surface area contributed by atoms with E-state index in [1.165, 1.54) is 0 Å². The maximum absolute atomic E-state index is 5.16. The van der Waals surface area contributed by atoms with E-state index in [1.807, 2.05) is 37.3 Å². The van der Waals surface area contributed by atoms with Crippen molar-refractivity contribution in [2.75, 3.05) is 14.2 Å². The Hall–Kier alpha value is 0.196. The topological polar surface area (TPSA) is 18.5 Å². The first kappa shape index (κ1) is 14.2. The van der Waals surface area contributed by atoms with Gasteiger partial charge in [-0.05, 0) is 24.6 Å². The van der Waals surface area contributed by atoms with E-state index in [0.29, 0.717) is 0 Å². The summed E-state index contributed by atoms with van der Waals surface area (Å²) in [5, 5.41) is 0. The number of benzene rings is 1. The summed E-state index contributed by atoms with van der Waals surface area (Å²) in [7, 11) is 3.27. The fourth-order valence-corrected chi connectivity index (χ4v) is 1.15. The predicted octanol–water partition coefficient (Wildman–Crippen LogP) is 2.09. The van der Waals surface area contributed by atoms with Gasteiger partial charge in [0.15, 0.2) is 11.5 Å². The molecule has 0 radical (unpaired) electrons. The molecule has 0 unspecified atom stereocenters. The quantitative estimate of drug-likeness (QED) is 0.723. The Labute approximate surface area is 128 Å². The first-order valence-electron chi connectivity index (χ1n) is 4.16. The third-order valence-electron chi connectivity index (χ3n) is 1.77. The molecule has 1 rings (SSSR count). The Balaban J connectivity index is 0.00000169. The first-order chi connectivity index (χ1) is 6.31. The standard InChI is InChI=1S/C11H14O2.K.H/c1-4-5-9-6-7-10(12-2)11(8-9)13-3;;/h4-8H,1-3H3;;/b5-4+;;. The van der Waals surface area contributed by atoms with Gasteiger partial charge in [0.2, 0.25) is 0 Å². The summed E-state index contributed by atoms with van der Waals surface area (Å²) in [5.41, 5.74) is 1.11. The Morgan fingerprint density at radius 1 is 1.07 bits per heavy atom. The third-order valence-corrected chi connectivity index (χ3v) is 1.77. The van der Waals surface area contributed by atoms with Crippen molar-refractivity contribution in [2.45, 2.75) is 6.92 Å². The van der Waals surface area contributed by atoms with Crippen LogP contribution in [-0.2, 0) is 0 Å². The molecule has 2 nitrogen and oxygen atoms in total. The summed E-state index contributed by atoms with van der Waals surface area (Å²) in [6.45, 7) is 1.98. The van der Waals surface area contributed by atoms with E-state index in [2.05, 4.69) is 0 Å². The van der Waals surface area contributed by atoms with Crippen molar-refractivity contribution in [3.63, 3.8) is 0 Å². The minimum atomic E-state index is 0. The van der Waals surface area contributed by atoms with E-state index in [0.717, 1.165) is 17.1 Å². The average molecular weight is 218 g/mol. The minimum absolute atomic E-state index is 0. The van der Waals surface area contributed by atoms with Crippen LogP contribution >= 0.6 is 0 Å². The molecule has 0 aliphatic carbocycles. The molecule has 0 N–H and O–H groups in total. The van der Waals surface area contributed by atoms with Crippen LogP contribution in [0, 0.1) is 0 Å². The summed E-state index contributed by atoms with van der Waals surface area (Å²) in [6, 6.07) is 5.83. The molecule has 0 amide bonds. The fourth-order valence-electron chi connectivity index (χ4n) is 1.15. The maximum atomic E-state index is 5.16. The SMILES string of the molecule is C/C=C/c1ccc(OC)c(OC)c1.[KH]. The van der Waals surface area contributed by atoms with Crippen LogP contribution < -0.4 is 9.47 Å². The van der Waals surface area contributed by atoms with Crippen LogP contribution in [0.3, 0.4) is 0 Å². The van der Waals surface area contributed by atoms with Crippen LogP contribution in [0.2, 0.25) is 0 Å². The van der Waals surface area contributed by atoms with Crippen LogP contribution in [0.5, 0.6) is 11.5 Å². The molecule has 0 aliphatic rings. The molecular weight excluding hydrogens is 203 g/mol. The van der Waals surface area contributed by atoms with Gasteiger partial charge >= 0.3 is 51.4 Å². The molecule has 0 bridgehead atoms. The Morgan fingerprint density at radius 3 is 2.21 bits per heavy atom. The van der Waals surface area contributed by atoms with E-state index >= 15 is 0 Å². The van der Waals surface area contributed by atoms with Gasteiger partial charge in [-0.3, -0.25) is 0 Å². The molecule has 1 aromatic rings. The molecule has 0 heterocycles. The van der Waals surface area contributed by atoms with Crippen molar-refractivity contribution in [2.24, 2.45) is 0 Å². The summed E-state index contributed by atoms with van der Waals surface area (Å²) in [4.78, 5) is 0. The molecule has 72 valence electrons. The van der Waals surface area contributed by atoms with Gasteiger partial charge in [0.05, 0.1) is 14.2 Å². The molecule has 0 atom stereocenters. The summed E-state index contributed by atoms with van der Waals surface area (Å²) >= 11 is 0. The second-order valence-electron chi connectivity index (χ2n) is 2.61. The number of allylic oxidation sites excluding steroid dienone is 1. The van der Waals surface area contributed by atoms with E-state index in [1.54, 1.807) is 14.2 Å². The molecular formula is C11H15KO2.